The van der Waals surface area contributed by atoms with Crippen molar-refractivity contribution in [3.05, 3.63) is 12.2 Å². The first-order valence-corrected chi connectivity index (χ1v) is 5.19. The number of rotatable bonds is 8. The van der Waals surface area contributed by atoms with Crippen LogP contribution in [0.5, 0.6) is 0 Å². The minimum absolute atomic E-state index is 0.139. The zero-order valence-electron chi connectivity index (χ0n) is 9.49. The molecular formula is C11H21NO3. The van der Waals surface area contributed by atoms with E-state index in [0.717, 1.165) is 25.5 Å². The van der Waals surface area contributed by atoms with Crippen molar-refractivity contribution in [1.29, 1.82) is 0 Å². The van der Waals surface area contributed by atoms with Gasteiger partial charge in [0.2, 0.25) is 0 Å². The molecule has 88 valence electrons. The summed E-state index contributed by atoms with van der Waals surface area (Å²) in [5.41, 5.74) is 0.139. The van der Waals surface area contributed by atoms with Crippen molar-refractivity contribution < 1.29 is 15.0 Å². The molecule has 0 heterocycles. The molecule has 0 bridgehead atoms. The molecule has 0 aliphatic heterocycles. The number of nitrogens with one attached hydrogen (secondary N) is 1. The van der Waals surface area contributed by atoms with Crippen LogP contribution in [-0.4, -0.2) is 35.9 Å². The maximum absolute atomic E-state index is 10.2. The van der Waals surface area contributed by atoms with Crippen molar-refractivity contribution in [1.82, 2.24) is 5.32 Å². The highest BCUT2D eigenvalue weighted by Crippen LogP contribution is 2.20. The van der Waals surface area contributed by atoms with Gasteiger partial charge in [-0.2, -0.15) is 0 Å². The average molecular weight is 215 g/mol. The van der Waals surface area contributed by atoms with Crippen LogP contribution in [0, 0.1) is 5.41 Å². The lowest BCUT2D eigenvalue weighted by molar-refractivity contribution is -0.131. The first kappa shape index (κ1) is 14.1. The molecule has 0 unspecified atom stereocenters. The summed E-state index contributed by atoms with van der Waals surface area (Å²) in [4.78, 5) is 10.2. The van der Waals surface area contributed by atoms with Crippen LogP contribution in [0.4, 0.5) is 0 Å². The Balaban J connectivity index is 3.60. The molecule has 3 N–H and O–H groups in total. The van der Waals surface area contributed by atoms with Crippen molar-refractivity contribution >= 4 is 5.97 Å². The molecule has 0 aromatic carbocycles. The SMILES string of the molecule is CC(C)(CCCO)CNC/C=C/C(=O)O. The van der Waals surface area contributed by atoms with E-state index in [-0.39, 0.29) is 12.0 Å². The lowest BCUT2D eigenvalue weighted by Crippen LogP contribution is -2.29. The van der Waals surface area contributed by atoms with Gasteiger partial charge in [0.1, 0.15) is 0 Å². The monoisotopic (exact) mass is 215 g/mol. The smallest absolute Gasteiger partial charge is 0.328 e. The van der Waals surface area contributed by atoms with Crippen LogP contribution in [-0.2, 0) is 4.79 Å². The van der Waals surface area contributed by atoms with Gasteiger partial charge in [-0.05, 0) is 18.3 Å². The number of carboxylic acids is 1. The third-order valence-corrected chi connectivity index (χ3v) is 2.14. The van der Waals surface area contributed by atoms with Gasteiger partial charge in [-0.15, -0.1) is 0 Å². The fraction of sp³-hybridized carbons (Fsp3) is 0.727. The van der Waals surface area contributed by atoms with Crippen LogP contribution in [0.2, 0.25) is 0 Å². The van der Waals surface area contributed by atoms with Gasteiger partial charge in [0.25, 0.3) is 0 Å². The Labute approximate surface area is 91.0 Å². The van der Waals surface area contributed by atoms with Crippen LogP contribution in [0.15, 0.2) is 12.2 Å². The van der Waals surface area contributed by atoms with Crippen LogP contribution >= 0.6 is 0 Å². The highest BCUT2D eigenvalue weighted by molar-refractivity contribution is 5.79. The molecule has 0 saturated heterocycles. The van der Waals surface area contributed by atoms with Gasteiger partial charge in [0.15, 0.2) is 0 Å². The summed E-state index contributed by atoms with van der Waals surface area (Å²) >= 11 is 0. The maximum atomic E-state index is 10.2. The number of aliphatic hydroxyl groups is 1. The van der Waals surface area contributed by atoms with Crippen LogP contribution in [0.25, 0.3) is 0 Å². The van der Waals surface area contributed by atoms with E-state index < -0.39 is 5.97 Å². The number of hydrogen-bond donors (Lipinski definition) is 3. The van der Waals surface area contributed by atoms with E-state index in [4.69, 9.17) is 10.2 Å². The molecule has 0 radical (unpaired) electrons. The summed E-state index contributed by atoms with van der Waals surface area (Å²) < 4.78 is 0. The molecule has 0 aliphatic rings. The molecule has 4 heteroatoms. The summed E-state index contributed by atoms with van der Waals surface area (Å²) in [5.74, 6) is -0.920. The van der Waals surface area contributed by atoms with Gasteiger partial charge in [0, 0.05) is 25.8 Å². The van der Waals surface area contributed by atoms with E-state index in [2.05, 4.69) is 19.2 Å². The van der Waals surface area contributed by atoms with Gasteiger partial charge < -0.3 is 15.5 Å². The Hall–Kier alpha value is -0.870. The third-order valence-electron chi connectivity index (χ3n) is 2.14. The van der Waals surface area contributed by atoms with Gasteiger partial charge in [0.05, 0.1) is 0 Å². The van der Waals surface area contributed by atoms with Crippen molar-refractivity contribution in [3.63, 3.8) is 0 Å². The van der Waals surface area contributed by atoms with Crippen molar-refractivity contribution in [2.75, 3.05) is 19.7 Å². The Morgan fingerprint density at radius 2 is 2.13 bits per heavy atom. The molecule has 0 spiro atoms. The summed E-state index contributed by atoms with van der Waals surface area (Å²) in [5, 5.41) is 20.2. The van der Waals surface area contributed by atoms with E-state index in [1.807, 2.05) is 0 Å². The fourth-order valence-corrected chi connectivity index (χ4v) is 1.30. The topological polar surface area (TPSA) is 69.6 Å². The fourth-order valence-electron chi connectivity index (χ4n) is 1.30. The standard InChI is InChI=1S/C11H21NO3/c1-11(2,6-4-8-13)9-12-7-3-5-10(14)15/h3,5,12-13H,4,6-9H2,1-2H3,(H,14,15)/b5-3+. The number of carboxylic acid groups (broad SMARTS) is 1. The number of aliphatic hydroxyl groups excluding tert-OH is 1. The Morgan fingerprint density at radius 3 is 2.67 bits per heavy atom. The summed E-state index contributed by atoms with van der Waals surface area (Å²) in [6.07, 6.45) is 4.48. The second kappa shape index (κ2) is 7.43. The zero-order chi connectivity index (χ0) is 11.7. The van der Waals surface area contributed by atoms with E-state index in [9.17, 15) is 4.79 Å². The van der Waals surface area contributed by atoms with Gasteiger partial charge in [-0.25, -0.2) is 4.79 Å². The molecule has 4 nitrogen and oxygen atoms in total. The molecule has 0 amide bonds. The van der Waals surface area contributed by atoms with Crippen LogP contribution in [0.3, 0.4) is 0 Å². The van der Waals surface area contributed by atoms with Gasteiger partial charge >= 0.3 is 5.97 Å². The Kier molecular flexibility index (Phi) is 6.99. The molecule has 0 rings (SSSR count). The zero-order valence-corrected chi connectivity index (χ0v) is 9.49. The molecule has 15 heavy (non-hydrogen) atoms. The first-order chi connectivity index (χ1) is 6.98. The lowest BCUT2D eigenvalue weighted by Gasteiger charge is -2.24. The van der Waals surface area contributed by atoms with Crippen molar-refractivity contribution in [2.45, 2.75) is 26.7 Å². The summed E-state index contributed by atoms with van der Waals surface area (Å²) in [6, 6.07) is 0. The number of hydrogen-bond acceptors (Lipinski definition) is 3. The van der Waals surface area contributed by atoms with Crippen LogP contribution < -0.4 is 5.32 Å². The number of aliphatic carboxylic acids is 1. The quantitative estimate of drug-likeness (QED) is 0.417. The molecule has 0 fully saturated rings. The molecule has 0 aromatic heterocycles. The predicted molar refractivity (Wildman–Crippen MR) is 59.7 cm³/mol. The van der Waals surface area contributed by atoms with Crippen LogP contribution in [0.1, 0.15) is 26.7 Å². The summed E-state index contributed by atoms with van der Waals surface area (Å²) in [6.45, 7) is 5.85. The molecular weight excluding hydrogens is 194 g/mol. The van der Waals surface area contributed by atoms with E-state index in [1.54, 1.807) is 6.08 Å². The minimum Gasteiger partial charge on any atom is -0.478 e. The minimum atomic E-state index is -0.920. The molecule has 0 atom stereocenters. The van der Waals surface area contributed by atoms with E-state index in [0.29, 0.717) is 6.54 Å². The summed E-state index contributed by atoms with van der Waals surface area (Å²) in [7, 11) is 0. The Morgan fingerprint density at radius 1 is 1.47 bits per heavy atom. The second-order valence-corrected chi connectivity index (χ2v) is 4.36. The van der Waals surface area contributed by atoms with E-state index in [1.165, 1.54) is 0 Å². The highest BCUT2D eigenvalue weighted by atomic mass is 16.4. The Bertz CT molecular complexity index is 212. The third kappa shape index (κ3) is 9.43. The van der Waals surface area contributed by atoms with E-state index >= 15 is 0 Å². The van der Waals surface area contributed by atoms with Gasteiger partial charge in [-0.1, -0.05) is 19.9 Å². The number of carbonyl (C=O) groups is 1. The first-order valence-electron chi connectivity index (χ1n) is 5.19. The largest absolute Gasteiger partial charge is 0.478 e. The molecule has 0 saturated carbocycles. The predicted octanol–water partition coefficient (Wildman–Crippen LogP) is 1.02. The maximum Gasteiger partial charge on any atom is 0.328 e. The normalized spacial score (nSPS) is 12.2. The molecule has 0 aromatic rings. The van der Waals surface area contributed by atoms with Crippen molar-refractivity contribution in [2.24, 2.45) is 5.41 Å². The molecule has 0 aliphatic carbocycles. The average Bonchev–Trinajstić information content (AvgIpc) is 2.14. The highest BCUT2D eigenvalue weighted by Gasteiger charge is 2.15. The van der Waals surface area contributed by atoms with Gasteiger partial charge in [-0.3, -0.25) is 0 Å². The van der Waals surface area contributed by atoms with Crippen molar-refractivity contribution in [3.8, 4) is 0 Å². The second-order valence-electron chi connectivity index (χ2n) is 4.36. The lowest BCUT2D eigenvalue weighted by atomic mass is 9.88.